The quantitative estimate of drug-likeness (QED) is 0.499. The molecule has 1 fully saturated rings. The van der Waals surface area contributed by atoms with Crippen LogP contribution in [0.5, 0.6) is 0 Å². The number of aromatic nitrogens is 1. The second kappa shape index (κ2) is 9.77. The SMILES string of the molecule is CC(=O)c1cccc(S(=O)(=O)N2CCC(C(=O)Nc3nc(-c4ccc(C)c(C)c4)cs3)CC2)c1. The number of sulfonamides is 1. The summed E-state index contributed by atoms with van der Waals surface area (Å²) in [4.78, 5) is 29.1. The van der Waals surface area contributed by atoms with Crippen molar-refractivity contribution in [1.29, 1.82) is 0 Å². The summed E-state index contributed by atoms with van der Waals surface area (Å²) in [6.45, 7) is 6.02. The zero-order chi connectivity index (χ0) is 24.5. The number of hydrogen-bond acceptors (Lipinski definition) is 6. The number of hydrogen-bond donors (Lipinski definition) is 1. The lowest BCUT2D eigenvalue weighted by Gasteiger charge is -2.30. The Morgan fingerprint density at radius 3 is 2.47 bits per heavy atom. The van der Waals surface area contributed by atoms with Gasteiger partial charge in [-0.15, -0.1) is 11.3 Å². The van der Waals surface area contributed by atoms with Gasteiger partial charge in [0.25, 0.3) is 0 Å². The number of thiazole rings is 1. The fourth-order valence-electron chi connectivity index (χ4n) is 3.95. The van der Waals surface area contributed by atoms with Gasteiger partial charge in [-0.1, -0.05) is 24.3 Å². The number of anilines is 1. The van der Waals surface area contributed by atoms with Crippen molar-refractivity contribution in [2.75, 3.05) is 18.4 Å². The molecule has 0 spiro atoms. The number of carbonyl (C=O) groups excluding carboxylic acids is 2. The number of carbonyl (C=O) groups is 2. The molecule has 1 aliphatic rings. The van der Waals surface area contributed by atoms with Crippen LogP contribution in [-0.4, -0.2) is 42.5 Å². The van der Waals surface area contributed by atoms with E-state index < -0.39 is 10.0 Å². The van der Waals surface area contributed by atoms with Crippen molar-refractivity contribution in [3.8, 4) is 11.3 Å². The van der Waals surface area contributed by atoms with Crippen LogP contribution in [0, 0.1) is 19.8 Å². The van der Waals surface area contributed by atoms with Gasteiger partial charge in [0.05, 0.1) is 10.6 Å². The highest BCUT2D eigenvalue weighted by Crippen LogP contribution is 2.29. The number of nitrogens with one attached hydrogen (secondary N) is 1. The molecule has 0 bridgehead atoms. The smallest absolute Gasteiger partial charge is 0.243 e. The first kappa shape index (κ1) is 24.3. The van der Waals surface area contributed by atoms with Crippen molar-refractivity contribution in [2.45, 2.75) is 38.5 Å². The highest BCUT2D eigenvalue weighted by Gasteiger charge is 2.32. The van der Waals surface area contributed by atoms with Gasteiger partial charge >= 0.3 is 0 Å². The number of piperidine rings is 1. The Bertz CT molecular complexity index is 1340. The van der Waals surface area contributed by atoms with Crippen molar-refractivity contribution in [3.05, 3.63) is 64.5 Å². The monoisotopic (exact) mass is 497 g/mol. The minimum atomic E-state index is -3.72. The second-order valence-corrected chi connectivity index (χ2v) is 11.4. The predicted molar refractivity (Wildman–Crippen MR) is 134 cm³/mol. The fourth-order valence-corrected chi connectivity index (χ4v) is 6.19. The molecule has 0 atom stereocenters. The van der Waals surface area contributed by atoms with Crippen molar-refractivity contribution in [3.63, 3.8) is 0 Å². The van der Waals surface area contributed by atoms with Crippen molar-refractivity contribution in [2.24, 2.45) is 5.92 Å². The molecule has 0 aliphatic carbocycles. The first-order valence-electron chi connectivity index (χ1n) is 11.1. The van der Waals surface area contributed by atoms with Crippen LogP contribution in [0.3, 0.4) is 0 Å². The van der Waals surface area contributed by atoms with E-state index in [1.807, 2.05) is 11.4 Å². The van der Waals surface area contributed by atoms with Crippen LogP contribution in [0.4, 0.5) is 5.13 Å². The van der Waals surface area contributed by atoms with Gasteiger partial charge in [0, 0.05) is 35.5 Å². The molecule has 1 N–H and O–H groups in total. The van der Waals surface area contributed by atoms with Crippen molar-refractivity contribution < 1.29 is 18.0 Å². The van der Waals surface area contributed by atoms with Crippen LogP contribution in [0.1, 0.15) is 41.3 Å². The molecule has 7 nitrogen and oxygen atoms in total. The summed E-state index contributed by atoms with van der Waals surface area (Å²) in [5.41, 5.74) is 4.58. The third-order valence-electron chi connectivity index (χ3n) is 6.24. The lowest BCUT2D eigenvalue weighted by molar-refractivity contribution is -0.120. The van der Waals surface area contributed by atoms with Crippen molar-refractivity contribution in [1.82, 2.24) is 9.29 Å². The van der Waals surface area contributed by atoms with E-state index in [0.29, 0.717) is 23.5 Å². The molecule has 0 unspecified atom stereocenters. The molecule has 3 aromatic rings. The number of aryl methyl sites for hydroxylation is 2. The molecule has 178 valence electrons. The summed E-state index contributed by atoms with van der Waals surface area (Å²) in [7, 11) is -3.72. The van der Waals surface area contributed by atoms with E-state index in [1.54, 1.807) is 12.1 Å². The van der Waals surface area contributed by atoms with Crippen LogP contribution in [0.2, 0.25) is 0 Å². The number of Topliss-reactive ketones (excluding diaryl/α,β-unsaturated/α-hetero) is 1. The maximum Gasteiger partial charge on any atom is 0.243 e. The van der Waals surface area contributed by atoms with Gasteiger partial charge in [0.1, 0.15) is 0 Å². The van der Waals surface area contributed by atoms with Gasteiger partial charge in [-0.2, -0.15) is 4.31 Å². The Hall–Kier alpha value is -2.88. The Morgan fingerprint density at radius 2 is 1.79 bits per heavy atom. The predicted octanol–water partition coefficient (Wildman–Crippen LogP) is 4.67. The van der Waals surface area contributed by atoms with E-state index in [4.69, 9.17) is 0 Å². The largest absolute Gasteiger partial charge is 0.302 e. The van der Waals surface area contributed by atoms with Gasteiger partial charge in [-0.3, -0.25) is 9.59 Å². The zero-order valence-corrected chi connectivity index (χ0v) is 21.0. The lowest BCUT2D eigenvalue weighted by atomic mass is 9.97. The van der Waals surface area contributed by atoms with E-state index in [2.05, 4.69) is 36.3 Å². The summed E-state index contributed by atoms with van der Waals surface area (Å²) < 4.78 is 27.4. The summed E-state index contributed by atoms with van der Waals surface area (Å²) >= 11 is 1.38. The van der Waals surface area contributed by atoms with Crippen LogP contribution in [0.15, 0.2) is 52.7 Å². The first-order chi connectivity index (χ1) is 16.1. The first-order valence-corrected chi connectivity index (χ1v) is 13.4. The van der Waals surface area contributed by atoms with E-state index in [9.17, 15) is 18.0 Å². The minimum Gasteiger partial charge on any atom is -0.302 e. The Kier molecular flexibility index (Phi) is 6.97. The molecule has 1 amide bonds. The topological polar surface area (TPSA) is 96.4 Å². The average molecular weight is 498 g/mol. The maximum atomic E-state index is 13.0. The fraction of sp³-hybridized carbons (Fsp3) is 0.320. The molecule has 1 aromatic heterocycles. The van der Waals surface area contributed by atoms with E-state index in [-0.39, 0.29) is 35.6 Å². The Labute approximate surface area is 203 Å². The Balaban J connectivity index is 1.38. The molecule has 2 aromatic carbocycles. The summed E-state index contributed by atoms with van der Waals surface area (Å²) in [6.07, 6.45) is 0.847. The molecule has 1 aliphatic heterocycles. The minimum absolute atomic E-state index is 0.102. The molecular weight excluding hydrogens is 470 g/mol. The standard InChI is InChI=1S/C25H27N3O4S2/c1-16-7-8-21(13-17(16)2)23-15-33-25(26-23)27-24(30)19-9-11-28(12-10-19)34(31,32)22-6-4-5-20(14-22)18(3)29/h4-8,13-15,19H,9-12H2,1-3H3,(H,26,27,30). The zero-order valence-electron chi connectivity index (χ0n) is 19.4. The number of ketones is 1. The summed E-state index contributed by atoms with van der Waals surface area (Å²) in [6, 6.07) is 12.2. The molecule has 0 saturated carbocycles. The third-order valence-corrected chi connectivity index (χ3v) is 8.89. The highest BCUT2D eigenvalue weighted by molar-refractivity contribution is 7.89. The van der Waals surface area contributed by atoms with Gasteiger partial charge < -0.3 is 5.32 Å². The van der Waals surface area contributed by atoms with Crippen LogP contribution < -0.4 is 5.32 Å². The molecule has 9 heteroatoms. The van der Waals surface area contributed by atoms with E-state index >= 15 is 0 Å². The molecule has 4 rings (SSSR count). The van der Waals surface area contributed by atoms with E-state index in [0.717, 1.165) is 11.3 Å². The van der Waals surface area contributed by atoms with Crippen molar-refractivity contribution >= 4 is 38.2 Å². The van der Waals surface area contributed by atoms with E-state index in [1.165, 1.54) is 45.8 Å². The average Bonchev–Trinajstić information content (AvgIpc) is 3.29. The van der Waals surface area contributed by atoms with Gasteiger partial charge in [-0.25, -0.2) is 13.4 Å². The molecule has 34 heavy (non-hydrogen) atoms. The van der Waals surface area contributed by atoms with Gasteiger partial charge in [0.15, 0.2) is 10.9 Å². The molecule has 0 radical (unpaired) electrons. The van der Waals surface area contributed by atoms with Gasteiger partial charge in [0.2, 0.25) is 15.9 Å². The third kappa shape index (κ3) is 5.11. The normalized spacial score (nSPS) is 15.3. The van der Waals surface area contributed by atoms with Gasteiger partial charge in [-0.05, 0) is 62.9 Å². The Morgan fingerprint density at radius 1 is 1.06 bits per heavy atom. The molecule has 1 saturated heterocycles. The highest BCUT2D eigenvalue weighted by atomic mass is 32.2. The van der Waals surface area contributed by atoms with Crippen LogP contribution in [0.25, 0.3) is 11.3 Å². The second-order valence-electron chi connectivity index (χ2n) is 8.59. The van der Waals surface area contributed by atoms with Crippen LogP contribution in [-0.2, 0) is 14.8 Å². The maximum absolute atomic E-state index is 13.0. The number of rotatable bonds is 6. The molecule has 2 heterocycles. The molecular formula is C25H27N3O4S2. The number of amides is 1. The lowest BCUT2D eigenvalue weighted by Crippen LogP contribution is -2.41. The summed E-state index contributed by atoms with van der Waals surface area (Å²) in [5.74, 6) is -0.615. The summed E-state index contributed by atoms with van der Waals surface area (Å²) in [5, 5.41) is 5.35. The number of benzene rings is 2. The van der Waals surface area contributed by atoms with Crippen LogP contribution >= 0.6 is 11.3 Å². The number of nitrogens with zero attached hydrogens (tertiary/aromatic N) is 2.